The fraction of sp³-hybridized carbons (Fsp3) is 0.333. The number of benzene rings is 1. The van der Waals surface area contributed by atoms with E-state index in [4.69, 9.17) is 11.6 Å². The Morgan fingerprint density at radius 1 is 1.16 bits per heavy atom. The second-order valence-corrected chi connectivity index (χ2v) is 4.99. The molecule has 1 aromatic carbocycles. The third kappa shape index (κ3) is 3.75. The van der Waals surface area contributed by atoms with E-state index in [1.165, 1.54) is 0 Å². The van der Waals surface area contributed by atoms with Crippen molar-refractivity contribution in [2.75, 3.05) is 6.54 Å². The highest BCUT2D eigenvalue weighted by Gasteiger charge is 2.15. The smallest absolute Gasteiger partial charge is 0.149 e. The Labute approximate surface area is 119 Å². The molecule has 0 fully saturated rings. The van der Waals surface area contributed by atoms with E-state index in [-0.39, 0.29) is 6.04 Å². The molecule has 100 valence electrons. The number of nitrogens with zero attached hydrogens (tertiary/aromatic N) is 2. The second kappa shape index (κ2) is 6.64. The number of halogens is 1. The summed E-state index contributed by atoms with van der Waals surface area (Å²) in [6.07, 6.45) is 4.76. The first-order valence-corrected chi connectivity index (χ1v) is 6.86. The van der Waals surface area contributed by atoms with E-state index >= 15 is 0 Å². The maximum atomic E-state index is 5.94. The van der Waals surface area contributed by atoms with Crippen LogP contribution in [0.4, 0.5) is 0 Å². The molecule has 0 aliphatic rings. The summed E-state index contributed by atoms with van der Waals surface area (Å²) in [7, 11) is 0. The molecule has 2 aromatic rings. The second-order valence-electron chi connectivity index (χ2n) is 4.56. The van der Waals surface area contributed by atoms with Crippen LogP contribution < -0.4 is 5.32 Å². The number of nitrogens with one attached hydrogen (secondary N) is 1. The Morgan fingerprint density at radius 2 is 1.79 bits per heavy atom. The molecule has 0 radical (unpaired) electrons. The number of aryl methyl sites for hydroxylation is 1. The molecule has 0 amide bonds. The highest BCUT2D eigenvalue weighted by Crippen LogP contribution is 2.21. The molecule has 1 N–H and O–H groups in total. The molecular formula is C15H18ClN3. The van der Waals surface area contributed by atoms with Crippen LogP contribution in [-0.2, 0) is 0 Å². The van der Waals surface area contributed by atoms with Crippen LogP contribution in [0.25, 0.3) is 0 Å². The van der Waals surface area contributed by atoms with Crippen molar-refractivity contribution >= 4 is 11.6 Å². The topological polar surface area (TPSA) is 37.8 Å². The van der Waals surface area contributed by atoms with E-state index in [1.54, 1.807) is 0 Å². The molecule has 0 saturated carbocycles. The van der Waals surface area contributed by atoms with Gasteiger partial charge in [-0.05, 0) is 43.1 Å². The van der Waals surface area contributed by atoms with E-state index < -0.39 is 0 Å². The van der Waals surface area contributed by atoms with Crippen molar-refractivity contribution in [3.05, 3.63) is 58.6 Å². The molecule has 4 heteroatoms. The molecule has 1 unspecified atom stereocenters. The van der Waals surface area contributed by atoms with Crippen LogP contribution in [0.3, 0.4) is 0 Å². The summed E-state index contributed by atoms with van der Waals surface area (Å²) in [6.45, 7) is 5.05. The van der Waals surface area contributed by atoms with Gasteiger partial charge in [0, 0.05) is 17.4 Å². The Hall–Kier alpha value is -1.45. The Balaban J connectivity index is 2.29. The minimum atomic E-state index is 0.0119. The van der Waals surface area contributed by atoms with Crippen molar-refractivity contribution in [1.82, 2.24) is 15.3 Å². The lowest BCUT2D eigenvalue weighted by Gasteiger charge is -2.17. The van der Waals surface area contributed by atoms with E-state index in [9.17, 15) is 0 Å². The van der Waals surface area contributed by atoms with Crippen LogP contribution in [0, 0.1) is 6.92 Å². The van der Waals surface area contributed by atoms with Crippen LogP contribution in [0.2, 0.25) is 5.02 Å². The summed E-state index contributed by atoms with van der Waals surface area (Å²) < 4.78 is 0. The zero-order valence-electron chi connectivity index (χ0n) is 11.2. The number of rotatable bonds is 5. The van der Waals surface area contributed by atoms with Crippen molar-refractivity contribution < 1.29 is 0 Å². The van der Waals surface area contributed by atoms with Gasteiger partial charge in [0.15, 0.2) is 0 Å². The molecule has 0 saturated heterocycles. The number of aromatic nitrogens is 2. The predicted octanol–water partition coefficient (Wildman–Crippen LogP) is 3.53. The van der Waals surface area contributed by atoms with Gasteiger partial charge >= 0.3 is 0 Å². The van der Waals surface area contributed by atoms with Crippen molar-refractivity contribution in [2.24, 2.45) is 0 Å². The molecule has 1 heterocycles. The first-order valence-electron chi connectivity index (χ1n) is 6.48. The quantitative estimate of drug-likeness (QED) is 0.907. The first-order chi connectivity index (χ1) is 9.20. The molecular weight excluding hydrogens is 258 g/mol. The average Bonchev–Trinajstić information content (AvgIpc) is 2.43. The Kier molecular flexibility index (Phi) is 4.88. The number of hydrogen-bond donors (Lipinski definition) is 1. The molecule has 1 atom stereocenters. The van der Waals surface area contributed by atoms with Gasteiger partial charge in [0.2, 0.25) is 0 Å². The summed E-state index contributed by atoms with van der Waals surface area (Å²) in [4.78, 5) is 8.85. The normalized spacial score (nSPS) is 12.4. The summed E-state index contributed by atoms with van der Waals surface area (Å²) in [5, 5.41) is 4.21. The fourth-order valence-corrected chi connectivity index (χ4v) is 1.98. The molecule has 1 aromatic heterocycles. The first kappa shape index (κ1) is 14.0. The van der Waals surface area contributed by atoms with Crippen LogP contribution in [0.15, 0.2) is 36.7 Å². The maximum Gasteiger partial charge on any atom is 0.149 e. The van der Waals surface area contributed by atoms with Gasteiger partial charge < -0.3 is 5.32 Å². The lowest BCUT2D eigenvalue weighted by atomic mass is 10.1. The summed E-state index contributed by atoms with van der Waals surface area (Å²) >= 11 is 5.94. The summed E-state index contributed by atoms with van der Waals surface area (Å²) in [5.74, 6) is 0.793. The monoisotopic (exact) mass is 275 g/mol. The van der Waals surface area contributed by atoms with Crippen LogP contribution in [0.1, 0.15) is 36.3 Å². The van der Waals surface area contributed by atoms with Crippen molar-refractivity contribution in [3.63, 3.8) is 0 Å². The van der Waals surface area contributed by atoms with E-state index in [2.05, 4.69) is 22.2 Å². The SMILES string of the molecule is CCCNC(c1ccc(Cl)cc1)c1ncc(C)cn1. The van der Waals surface area contributed by atoms with Crippen molar-refractivity contribution in [3.8, 4) is 0 Å². The summed E-state index contributed by atoms with van der Waals surface area (Å²) in [5.41, 5.74) is 2.19. The average molecular weight is 276 g/mol. The van der Waals surface area contributed by atoms with Gasteiger partial charge in [0.25, 0.3) is 0 Å². The van der Waals surface area contributed by atoms with E-state index in [0.717, 1.165) is 34.9 Å². The van der Waals surface area contributed by atoms with Crippen molar-refractivity contribution in [1.29, 1.82) is 0 Å². The third-order valence-corrected chi connectivity index (χ3v) is 3.11. The third-order valence-electron chi connectivity index (χ3n) is 2.86. The Morgan fingerprint density at radius 3 is 2.37 bits per heavy atom. The molecule has 0 aliphatic carbocycles. The van der Waals surface area contributed by atoms with Gasteiger partial charge in [0.05, 0.1) is 6.04 Å². The van der Waals surface area contributed by atoms with Crippen LogP contribution in [0.5, 0.6) is 0 Å². The minimum Gasteiger partial charge on any atom is -0.304 e. The predicted molar refractivity (Wildman–Crippen MR) is 78.4 cm³/mol. The summed E-state index contributed by atoms with van der Waals surface area (Å²) in [6, 6.07) is 7.83. The van der Waals surface area contributed by atoms with Gasteiger partial charge in [-0.3, -0.25) is 0 Å². The van der Waals surface area contributed by atoms with E-state index in [1.807, 2.05) is 43.6 Å². The Bertz CT molecular complexity index is 462. The van der Waals surface area contributed by atoms with Gasteiger partial charge in [-0.25, -0.2) is 9.97 Å². The number of hydrogen-bond acceptors (Lipinski definition) is 3. The van der Waals surface area contributed by atoms with Crippen LogP contribution in [-0.4, -0.2) is 16.5 Å². The zero-order chi connectivity index (χ0) is 13.7. The molecule has 0 spiro atoms. The van der Waals surface area contributed by atoms with E-state index in [0.29, 0.717) is 0 Å². The van der Waals surface area contributed by atoms with Gasteiger partial charge in [0.1, 0.15) is 5.82 Å². The van der Waals surface area contributed by atoms with Gasteiger partial charge in [-0.15, -0.1) is 0 Å². The zero-order valence-corrected chi connectivity index (χ0v) is 12.0. The molecule has 3 nitrogen and oxygen atoms in total. The van der Waals surface area contributed by atoms with Crippen LogP contribution >= 0.6 is 11.6 Å². The fourth-order valence-electron chi connectivity index (χ4n) is 1.85. The highest BCUT2D eigenvalue weighted by molar-refractivity contribution is 6.30. The highest BCUT2D eigenvalue weighted by atomic mass is 35.5. The molecule has 0 bridgehead atoms. The largest absolute Gasteiger partial charge is 0.304 e. The van der Waals surface area contributed by atoms with Gasteiger partial charge in [-0.2, -0.15) is 0 Å². The molecule has 19 heavy (non-hydrogen) atoms. The molecule has 0 aliphatic heterocycles. The van der Waals surface area contributed by atoms with Gasteiger partial charge in [-0.1, -0.05) is 30.7 Å². The molecule has 2 rings (SSSR count). The van der Waals surface area contributed by atoms with Crippen molar-refractivity contribution in [2.45, 2.75) is 26.3 Å². The standard InChI is InChI=1S/C15H18ClN3/c1-3-8-17-14(12-4-6-13(16)7-5-12)15-18-9-11(2)10-19-15/h4-7,9-10,14,17H,3,8H2,1-2H3. The maximum absolute atomic E-state index is 5.94. The lowest BCUT2D eigenvalue weighted by Crippen LogP contribution is -2.25. The lowest BCUT2D eigenvalue weighted by molar-refractivity contribution is 0.571. The minimum absolute atomic E-state index is 0.0119.